The van der Waals surface area contributed by atoms with Gasteiger partial charge in [-0.3, -0.25) is 9.69 Å². The van der Waals surface area contributed by atoms with E-state index in [9.17, 15) is 4.79 Å². The van der Waals surface area contributed by atoms with Crippen LogP contribution in [0, 0.1) is 0 Å². The number of hydrogen-bond acceptors (Lipinski definition) is 4. The minimum absolute atomic E-state index is 0.0175. The molecule has 2 unspecified atom stereocenters. The minimum Gasteiger partial charge on any atom is -0.468 e. The lowest BCUT2D eigenvalue weighted by Gasteiger charge is -2.29. The van der Waals surface area contributed by atoms with Crippen molar-refractivity contribution in [1.82, 2.24) is 10.2 Å². The van der Waals surface area contributed by atoms with Crippen LogP contribution in [0.1, 0.15) is 50.3 Å². The number of amides is 1. The Hall–Kier alpha value is -1.33. The lowest BCUT2D eigenvalue weighted by molar-refractivity contribution is -0.130. The Morgan fingerprint density at radius 2 is 2.09 bits per heavy atom. The van der Waals surface area contributed by atoms with Crippen LogP contribution in [0.4, 0.5) is 0 Å². The topological polar surface area (TPSA) is 54.7 Å². The van der Waals surface area contributed by atoms with E-state index in [2.05, 4.69) is 10.2 Å². The highest BCUT2D eigenvalue weighted by Gasteiger charge is 2.27. The van der Waals surface area contributed by atoms with E-state index in [0.29, 0.717) is 13.2 Å². The molecular weight excluding hydrogens is 280 g/mol. The fourth-order valence-corrected chi connectivity index (χ4v) is 3.39. The molecule has 0 aliphatic carbocycles. The second-order valence-electron chi connectivity index (χ2n) is 6.23. The van der Waals surface area contributed by atoms with Crippen LogP contribution in [-0.2, 0) is 9.53 Å². The van der Waals surface area contributed by atoms with Crippen LogP contribution < -0.4 is 5.32 Å². The zero-order valence-corrected chi connectivity index (χ0v) is 13.1. The largest absolute Gasteiger partial charge is 0.468 e. The van der Waals surface area contributed by atoms with Gasteiger partial charge >= 0.3 is 0 Å². The van der Waals surface area contributed by atoms with Gasteiger partial charge in [-0.15, -0.1) is 0 Å². The summed E-state index contributed by atoms with van der Waals surface area (Å²) in [4.78, 5) is 14.6. The van der Waals surface area contributed by atoms with Crippen molar-refractivity contribution in [2.24, 2.45) is 0 Å². The number of furan rings is 1. The molecule has 1 amide bonds. The average Bonchev–Trinajstić information content (AvgIpc) is 3.18. The summed E-state index contributed by atoms with van der Waals surface area (Å²) in [5.41, 5.74) is 0. The van der Waals surface area contributed by atoms with Crippen LogP contribution in [0.25, 0.3) is 0 Å². The highest BCUT2D eigenvalue weighted by molar-refractivity contribution is 5.81. The van der Waals surface area contributed by atoms with Gasteiger partial charge in [-0.05, 0) is 50.9 Å². The summed E-state index contributed by atoms with van der Waals surface area (Å²) in [6.07, 6.45) is 8.29. The maximum Gasteiger partial charge on any atom is 0.249 e. The van der Waals surface area contributed by atoms with Crippen molar-refractivity contribution in [3.05, 3.63) is 24.2 Å². The van der Waals surface area contributed by atoms with Crippen LogP contribution in [0.15, 0.2) is 22.8 Å². The molecule has 0 aromatic carbocycles. The quantitative estimate of drug-likeness (QED) is 0.908. The first-order valence-corrected chi connectivity index (χ1v) is 8.51. The second kappa shape index (κ2) is 7.79. The normalized spacial score (nSPS) is 24.8. The van der Waals surface area contributed by atoms with Crippen molar-refractivity contribution < 1.29 is 13.9 Å². The van der Waals surface area contributed by atoms with Gasteiger partial charge in [0.05, 0.1) is 12.3 Å². The van der Waals surface area contributed by atoms with Gasteiger partial charge in [0.25, 0.3) is 0 Å². The fraction of sp³-hybridized carbons (Fsp3) is 0.706. The highest BCUT2D eigenvalue weighted by atomic mass is 16.5. The molecule has 0 spiro atoms. The summed E-state index contributed by atoms with van der Waals surface area (Å²) >= 11 is 0. The van der Waals surface area contributed by atoms with E-state index in [0.717, 1.165) is 31.7 Å². The van der Waals surface area contributed by atoms with E-state index in [1.807, 2.05) is 12.1 Å². The molecule has 122 valence electrons. The fourth-order valence-electron chi connectivity index (χ4n) is 3.39. The van der Waals surface area contributed by atoms with Gasteiger partial charge in [-0.1, -0.05) is 12.8 Å². The molecule has 2 aliphatic rings. The summed E-state index contributed by atoms with van der Waals surface area (Å²) in [5.74, 6) is 0.957. The van der Waals surface area contributed by atoms with Gasteiger partial charge in [0.2, 0.25) is 5.91 Å². The third kappa shape index (κ3) is 3.90. The molecule has 1 aromatic heterocycles. The van der Waals surface area contributed by atoms with Gasteiger partial charge in [0, 0.05) is 13.2 Å². The standard InChI is InChI=1S/C17H26N2O3/c20-17(16-8-6-12-22-16)18-13-14(15-7-5-11-21-15)19-9-3-1-2-4-10-19/h5,7,11,14,16H,1-4,6,8-10,12-13H2,(H,18,20). The first kappa shape index (κ1) is 15.6. The third-order valence-electron chi connectivity index (χ3n) is 4.64. The Balaban J connectivity index is 1.62. The molecule has 5 nitrogen and oxygen atoms in total. The van der Waals surface area contributed by atoms with Crippen molar-refractivity contribution in [2.75, 3.05) is 26.2 Å². The van der Waals surface area contributed by atoms with Crippen LogP contribution in [0.5, 0.6) is 0 Å². The molecule has 1 aromatic rings. The molecule has 2 fully saturated rings. The van der Waals surface area contributed by atoms with E-state index in [1.165, 1.54) is 25.7 Å². The number of nitrogens with one attached hydrogen (secondary N) is 1. The number of likely N-dealkylation sites (tertiary alicyclic amines) is 1. The monoisotopic (exact) mass is 306 g/mol. The molecule has 22 heavy (non-hydrogen) atoms. The van der Waals surface area contributed by atoms with Crippen LogP contribution in [0.3, 0.4) is 0 Å². The Morgan fingerprint density at radius 1 is 1.27 bits per heavy atom. The van der Waals surface area contributed by atoms with Crippen LogP contribution in [0.2, 0.25) is 0 Å². The first-order valence-electron chi connectivity index (χ1n) is 8.51. The zero-order valence-electron chi connectivity index (χ0n) is 13.1. The third-order valence-corrected chi connectivity index (χ3v) is 4.64. The number of carbonyl (C=O) groups excluding carboxylic acids is 1. The number of ether oxygens (including phenoxy) is 1. The predicted octanol–water partition coefficient (Wildman–Crippen LogP) is 2.49. The van der Waals surface area contributed by atoms with E-state index >= 15 is 0 Å². The lowest BCUT2D eigenvalue weighted by atomic mass is 10.1. The maximum absolute atomic E-state index is 12.2. The summed E-state index contributed by atoms with van der Waals surface area (Å²) < 4.78 is 11.1. The van der Waals surface area contributed by atoms with E-state index in [-0.39, 0.29) is 18.1 Å². The molecule has 0 bridgehead atoms. The number of hydrogen-bond donors (Lipinski definition) is 1. The zero-order chi connectivity index (χ0) is 15.2. The molecule has 0 saturated carbocycles. The summed E-state index contributed by atoms with van der Waals surface area (Å²) in [6.45, 7) is 3.43. The Kier molecular flexibility index (Phi) is 5.51. The van der Waals surface area contributed by atoms with Crippen LogP contribution >= 0.6 is 0 Å². The predicted molar refractivity (Wildman–Crippen MR) is 83.5 cm³/mol. The lowest BCUT2D eigenvalue weighted by Crippen LogP contribution is -2.41. The molecule has 3 rings (SSSR count). The van der Waals surface area contributed by atoms with Gasteiger partial charge in [0.15, 0.2) is 0 Å². The van der Waals surface area contributed by atoms with Gasteiger partial charge in [-0.2, -0.15) is 0 Å². The van der Waals surface area contributed by atoms with Crippen molar-refractivity contribution in [1.29, 1.82) is 0 Å². The number of rotatable bonds is 5. The minimum atomic E-state index is -0.263. The molecule has 2 saturated heterocycles. The van der Waals surface area contributed by atoms with E-state index in [4.69, 9.17) is 9.15 Å². The first-order chi connectivity index (χ1) is 10.8. The molecule has 5 heteroatoms. The Morgan fingerprint density at radius 3 is 2.73 bits per heavy atom. The van der Waals surface area contributed by atoms with Crippen molar-refractivity contribution in [2.45, 2.75) is 50.7 Å². The molecular formula is C17H26N2O3. The molecule has 2 aliphatic heterocycles. The number of carbonyl (C=O) groups is 1. The molecule has 2 atom stereocenters. The van der Waals surface area contributed by atoms with Crippen LogP contribution in [-0.4, -0.2) is 43.2 Å². The van der Waals surface area contributed by atoms with Crippen molar-refractivity contribution in [3.8, 4) is 0 Å². The van der Waals surface area contributed by atoms with Crippen molar-refractivity contribution >= 4 is 5.91 Å². The Bertz CT molecular complexity index is 446. The van der Waals surface area contributed by atoms with Crippen molar-refractivity contribution in [3.63, 3.8) is 0 Å². The second-order valence-corrected chi connectivity index (χ2v) is 6.23. The molecule has 3 heterocycles. The summed E-state index contributed by atoms with van der Waals surface area (Å²) in [6, 6.07) is 4.05. The van der Waals surface area contributed by atoms with Gasteiger partial charge < -0.3 is 14.5 Å². The van der Waals surface area contributed by atoms with E-state index < -0.39 is 0 Å². The summed E-state index contributed by atoms with van der Waals surface area (Å²) in [7, 11) is 0. The Labute approximate surface area is 132 Å². The van der Waals surface area contributed by atoms with Gasteiger partial charge in [0.1, 0.15) is 11.9 Å². The number of nitrogens with zero attached hydrogens (tertiary/aromatic N) is 1. The molecule has 1 N–H and O–H groups in total. The SMILES string of the molecule is O=C(NCC(c1ccco1)N1CCCCCC1)C1CCCO1. The summed E-state index contributed by atoms with van der Waals surface area (Å²) in [5, 5.41) is 3.07. The maximum atomic E-state index is 12.2. The average molecular weight is 306 g/mol. The van der Waals surface area contributed by atoms with Gasteiger partial charge in [-0.25, -0.2) is 0 Å². The molecule has 0 radical (unpaired) electrons. The smallest absolute Gasteiger partial charge is 0.249 e. The van der Waals surface area contributed by atoms with E-state index in [1.54, 1.807) is 6.26 Å². The highest BCUT2D eigenvalue weighted by Crippen LogP contribution is 2.24.